The third-order valence-electron chi connectivity index (χ3n) is 5.85. The van der Waals surface area contributed by atoms with Crippen molar-refractivity contribution in [3.05, 3.63) is 23.8 Å². The number of ether oxygens (including phenoxy) is 2. The van der Waals surface area contributed by atoms with Crippen LogP contribution in [-0.4, -0.2) is 53.2 Å². The summed E-state index contributed by atoms with van der Waals surface area (Å²) in [4.78, 5) is 23.3. The summed E-state index contributed by atoms with van der Waals surface area (Å²) in [6.07, 6.45) is 3.31. The van der Waals surface area contributed by atoms with E-state index in [1.165, 1.54) is 0 Å². The number of carboxylic acids is 1. The molecule has 0 aromatic heterocycles. The van der Waals surface area contributed by atoms with Gasteiger partial charge in [-0.1, -0.05) is 12.8 Å². The quantitative estimate of drug-likeness (QED) is 0.612. The van der Waals surface area contributed by atoms with Gasteiger partial charge in [0.2, 0.25) is 0 Å². The first-order chi connectivity index (χ1) is 13.5. The number of carboxylic acid groups (broad SMARTS) is 1. The van der Waals surface area contributed by atoms with Crippen molar-refractivity contribution in [3.63, 3.8) is 0 Å². The molecule has 1 aromatic rings. The lowest BCUT2D eigenvalue weighted by molar-refractivity contribution is -0.153. The summed E-state index contributed by atoms with van der Waals surface area (Å²) in [5.41, 5.74) is 1.58. The fourth-order valence-electron chi connectivity index (χ4n) is 4.58. The van der Waals surface area contributed by atoms with Crippen molar-refractivity contribution in [1.29, 1.82) is 0 Å². The summed E-state index contributed by atoms with van der Waals surface area (Å²) >= 11 is 0. The molecule has 8 heteroatoms. The van der Waals surface area contributed by atoms with Crippen LogP contribution in [0.3, 0.4) is 0 Å². The molecule has 4 N–H and O–H groups in total. The predicted molar refractivity (Wildman–Crippen MR) is 101 cm³/mol. The number of aliphatic hydroxyl groups is 1. The number of rotatable bonds is 5. The topological polar surface area (TPSA) is 117 Å². The van der Waals surface area contributed by atoms with E-state index in [2.05, 4.69) is 10.6 Å². The molecule has 0 bridgehead atoms. The molecule has 2 fully saturated rings. The number of amides is 2. The maximum Gasteiger partial charge on any atom is 0.319 e. The Morgan fingerprint density at radius 1 is 1.21 bits per heavy atom. The first kappa shape index (κ1) is 19.0. The Kier molecular flexibility index (Phi) is 5.41. The molecule has 0 spiro atoms. The Bertz CT molecular complexity index is 748. The van der Waals surface area contributed by atoms with E-state index in [4.69, 9.17) is 14.6 Å². The van der Waals surface area contributed by atoms with Gasteiger partial charge >= 0.3 is 12.0 Å². The van der Waals surface area contributed by atoms with Crippen LogP contribution in [0.4, 0.5) is 10.5 Å². The number of hydrogen-bond acceptors (Lipinski definition) is 5. The van der Waals surface area contributed by atoms with Gasteiger partial charge in [0.15, 0.2) is 0 Å². The molecule has 8 nitrogen and oxygen atoms in total. The number of aliphatic carboxylic acids is 1. The Morgan fingerprint density at radius 3 is 2.71 bits per heavy atom. The highest BCUT2D eigenvalue weighted by molar-refractivity contribution is 5.89. The van der Waals surface area contributed by atoms with E-state index < -0.39 is 18.2 Å². The highest BCUT2D eigenvalue weighted by atomic mass is 16.6. The summed E-state index contributed by atoms with van der Waals surface area (Å²) in [7, 11) is 0. The maximum atomic E-state index is 12.3. The van der Waals surface area contributed by atoms with Gasteiger partial charge in [0.05, 0.1) is 19.1 Å². The van der Waals surface area contributed by atoms with Crippen LogP contribution in [0.25, 0.3) is 0 Å². The van der Waals surface area contributed by atoms with Crippen LogP contribution >= 0.6 is 0 Å². The van der Waals surface area contributed by atoms with Crippen LogP contribution in [0, 0.1) is 0 Å². The lowest BCUT2D eigenvalue weighted by Gasteiger charge is -2.36. The zero-order valence-electron chi connectivity index (χ0n) is 15.6. The zero-order valence-corrected chi connectivity index (χ0v) is 15.6. The van der Waals surface area contributed by atoms with Crippen LogP contribution in [0.2, 0.25) is 0 Å². The largest absolute Gasteiger partial charge is 0.487 e. The van der Waals surface area contributed by atoms with E-state index in [0.29, 0.717) is 17.9 Å². The molecule has 4 atom stereocenters. The number of nitrogens with one attached hydrogen (secondary N) is 2. The van der Waals surface area contributed by atoms with Crippen LogP contribution in [-0.2, 0) is 9.53 Å². The molecule has 2 aliphatic heterocycles. The Labute approximate surface area is 163 Å². The molecule has 2 heterocycles. The molecule has 2 amide bonds. The molecule has 1 saturated heterocycles. The number of aliphatic hydroxyl groups excluding tert-OH is 1. The molecule has 4 rings (SSSR count). The minimum atomic E-state index is -0.932. The molecule has 0 unspecified atom stereocenters. The zero-order chi connectivity index (χ0) is 19.7. The van der Waals surface area contributed by atoms with Crippen LogP contribution in [0.15, 0.2) is 18.2 Å². The molecule has 1 saturated carbocycles. The molecule has 28 heavy (non-hydrogen) atoms. The highest BCUT2D eigenvalue weighted by Gasteiger charge is 2.46. The second-order valence-electron chi connectivity index (χ2n) is 7.83. The van der Waals surface area contributed by atoms with Gasteiger partial charge in [0.1, 0.15) is 18.0 Å². The third kappa shape index (κ3) is 3.93. The summed E-state index contributed by atoms with van der Waals surface area (Å²) in [5, 5.41) is 24.6. The number of urea groups is 1. The monoisotopic (exact) mass is 390 g/mol. The van der Waals surface area contributed by atoms with Gasteiger partial charge in [-0.25, -0.2) is 4.79 Å². The molecule has 3 aliphatic rings. The average Bonchev–Trinajstić information content (AvgIpc) is 3.28. The first-order valence-electron chi connectivity index (χ1n) is 9.89. The normalized spacial score (nSPS) is 28.9. The fourth-order valence-corrected chi connectivity index (χ4v) is 4.58. The number of benzene rings is 1. The lowest BCUT2D eigenvalue weighted by atomic mass is 9.84. The highest BCUT2D eigenvalue weighted by Crippen LogP contribution is 2.47. The summed E-state index contributed by atoms with van der Waals surface area (Å²) < 4.78 is 11.7. The Hall–Kier alpha value is -2.32. The van der Waals surface area contributed by atoms with Gasteiger partial charge in [0, 0.05) is 23.2 Å². The van der Waals surface area contributed by atoms with Crippen molar-refractivity contribution in [2.75, 3.05) is 11.9 Å². The number of anilines is 1. The van der Waals surface area contributed by atoms with E-state index in [1.54, 1.807) is 12.1 Å². The van der Waals surface area contributed by atoms with E-state index in [9.17, 15) is 14.7 Å². The lowest BCUT2D eigenvalue weighted by Crippen LogP contribution is -2.46. The summed E-state index contributed by atoms with van der Waals surface area (Å²) in [5.74, 6) is -0.321. The molecule has 0 radical (unpaired) electrons. The third-order valence-corrected chi connectivity index (χ3v) is 5.85. The van der Waals surface area contributed by atoms with Crippen LogP contribution in [0.5, 0.6) is 5.75 Å². The smallest absolute Gasteiger partial charge is 0.319 e. The second-order valence-corrected chi connectivity index (χ2v) is 7.83. The van der Waals surface area contributed by atoms with E-state index in [-0.39, 0.29) is 37.1 Å². The van der Waals surface area contributed by atoms with Gasteiger partial charge in [0.25, 0.3) is 0 Å². The molecular formula is C20H26N2O6. The first-order valence-corrected chi connectivity index (χ1v) is 9.89. The number of carbonyl (C=O) groups is 2. The van der Waals surface area contributed by atoms with Crippen molar-refractivity contribution in [1.82, 2.24) is 5.32 Å². The molecule has 1 aliphatic carbocycles. The van der Waals surface area contributed by atoms with Gasteiger partial charge in [-0.3, -0.25) is 4.79 Å². The van der Waals surface area contributed by atoms with Crippen molar-refractivity contribution in [2.24, 2.45) is 0 Å². The molecule has 152 valence electrons. The van der Waals surface area contributed by atoms with Gasteiger partial charge in [-0.05, 0) is 37.5 Å². The SMILES string of the molecule is O=C(O)C[C@H]1C[C@@H]2c3cc(NC(=O)NC4CCCC4)ccc3O[C@@H]2[C@H](CO)O1. The summed E-state index contributed by atoms with van der Waals surface area (Å²) in [6, 6.07) is 5.49. The van der Waals surface area contributed by atoms with Gasteiger partial charge in [-0.2, -0.15) is 0 Å². The number of fused-ring (bicyclic) bond motifs is 3. The second kappa shape index (κ2) is 7.97. The van der Waals surface area contributed by atoms with Crippen molar-refractivity contribution >= 4 is 17.7 Å². The minimum Gasteiger partial charge on any atom is -0.487 e. The van der Waals surface area contributed by atoms with Crippen molar-refractivity contribution in [2.45, 2.75) is 68.8 Å². The van der Waals surface area contributed by atoms with Crippen LogP contribution in [0.1, 0.15) is 50.0 Å². The summed E-state index contributed by atoms with van der Waals surface area (Å²) in [6.45, 7) is -0.236. The van der Waals surface area contributed by atoms with Crippen molar-refractivity contribution < 1.29 is 29.3 Å². The standard InChI is InChI=1S/C20H26N2O6/c23-10-17-19-15(8-13(27-17)9-18(24)25)14-7-12(5-6-16(14)28-19)22-20(26)21-11-3-1-2-4-11/h5-7,11,13,15,17,19,23H,1-4,8-10H2,(H,24,25)(H2,21,22,26)/t13-,15-,17+,19+/m1/s1. The average molecular weight is 390 g/mol. The van der Waals surface area contributed by atoms with E-state index in [0.717, 1.165) is 31.2 Å². The fraction of sp³-hybridized carbons (Fsp3) is 0.600. The number of hydrogen-bond donors (Lipinski definition) is 4. The minimum absolute atomic E-state index is 0.0788. The van der Waals surface area contributed by atoms with Crippen LogP contribution < -0.4 is 15.4 Å². The van der Waals surface area contributed by atoms with Crippen molar-refractivity contribution in [3.8, 4) is 5.75 Å². The molecular weight excluding hydrogens is 364 g/mol. The van der Waals surface area contributed by atoms with Gasteiger partial charge < -0.3 is 30.3 Å². The predicted octanol–water partition coefficient (Wildman–Crippen LogP) is 2.22. The Balaban J connectivity index is 1.48. The van der Waals surface area contributed by atoms with Gasteiger partial charge in [-0.15, -0.1) is 0 Å². The maximum absolute atomic E-state index is 12.3. The van der Waals surface area contributed by atoms with E-state index >= 15 is 0 Å². The number of carbonyl (C=O) groups excluding carboxylic acids is 1. The Morgan fingerprint density at radius 2 is 2.00 bits per heavy atom. The molecule has 1 aromatic carbocycles. The van der Waals surface area contributed by atoms with E-state index in [1.807, 2.05) is 6.07 Å².